The van der Waals surface area contributed by atoms with Crippen LogP contribution in [0.25, 0.3) is 11.1 Å². The summed E-state index contributed by atoms with van der Waals surface area (Å²) in [6.45, 7) is 0.382. The molecule has 2 aromatic carbocycles. The van der Waals surface area contributed by atoms with Crippen molar-refractivity contribution in [1.29, 1.82) is 0 Å². The van der Waals surface area contributed by atoms with Crippen LogP contribution >= 0.6 is 0 Å². The van der Waals surface area contributed by atoms with Crippen molar-refractivity contribution in [2.75, 3.05) is 13.2 Å². The Morgan fingerprint density at radius 3 is 2.54 bits per heavy atom. The molecule has 6 nitrogen and oxygen atoms in total. The smallest absolute Gasteiger partial charge is 0.308 e. The molecule has 0 aliphatic carbocycles. The van der Waals surface area contributed by atoms with Crippen LogP contribution in [0.1, 0.15) is 17.3 Å². The third-order valence-corrected chi connectivity index (χ3v) is 3.43. The van der Waals surface area contributed by atoms with E-state index in [1.807, 2.05) is 0 Å². The molecule has 1 atom stereocenters. The van der Waals surface area contributed by atoms with E-state index in [2.05, 4.69) is 5.32 Å². The van der Waals surface area contributed by atoms with E-state index >= 15 is 0 Å². The topological polar surface area (TPSA) is 95.9 Å². The van der Waals surface area contributed by atoms with Crippen LogP contribution in [0.2, 0.25) is 0 Å². The van der Waals surface area contributed by atoms with Gasteiger partial charge in [0.2, 0.25) is 0 Å². The minimum atomic E-state index is -1.16. The van der Waals surface area contributed by atoms with Crippen molar-refractivity contribution in [3.05, 3.63) is 53.6 Å². The monoisotopic (exact) mass is 365 g/mol. The zero-order valence-corrected chi connectivity index (χ0v) is 13.8. The van der Waals surface area contributed by atoms with Crippen LogP contribution in [-0.4, -0.2) is 41.3 Å². The molecular formula is C18H17F2NO5. The maximum Gasteiger partial charge on any atom is 0.308 e. The number of amides is 1. The molecule has 0 aliphatic heterocycles. The molecule has 2 aromatic rings. The summed E-state index contributed by atoms with van der Waals surface area (Å²) in [5.74, 6) is -2.96. The van der Waals surface area contributed by atoms with Crippen molar-refractivity contribution in [3.8, 4) is 16.9 Å². The molecule has 2 rings (SSSR count). The van der Waals surface area contributed by atoms with E-state index < -0.39 is 36.2 Å². The number of aliphatic hydroxyl groups excluding tert-OH is 2. The van der Waals surface area contributed by atoms with Gasteiger partial charge in [0.15, 0.2) is 0 Å². The molecule has 138 valence electrons. The molecule has 0 radical (unpaired) electrons. The summed E-state index contributed by atoms with van der Waals surface area (Å²) in [7, 11) is 0. The normalized spacial score (nSPS) is 11.7. The third kappa shape index (κ3) is 4.84. The average Bonchev–Trinajstić information content (AvgIpc) is 2.59. The molecule has 0 saturated heterocycles. The molecule has 26 heavy (non-hydrogen) atoms. The second-order valence-electron chi connectivity index (χ2n) is 5.48. The van der Waals surface area contributed by atoms with Gasteiger partial charge in [0.05, 0.1) is 18.3 Å². The van der Waals surface area contributed by atoms with Crippen LogP contribution in [0, 0.1) is 11.6 Å². The number of aliphatic hydroxyl groups is 2. The maximum absolute atomic E-state index is 14.0. The lowest BCUT2D eigenvalue weighted by atomic mass is 10.0. The second kappa shape index (κ2) is 8.50. The van der Waals surface area contributed by atoms with Crippen molar-refractivity contribution < 1.29 is 33.3 Å². The van der Waals surface area contributed by atoms with E-state index in [9.17, 15) is 23.5 Å². The van der Waals surface area contributed by atoms with Crippen molar-refractivity contribution in [3.63, 3.8) is 0 Å². The van der Waals surface area contributed by atoms with Gasteiger partial charge in [-0.25, -0.2) is 8.78 Å². The zero-order chi connectivity index (χ0) is 19.3. The lowest BCUT2D eigenvalue weighted by Gasteiger charge is -2.13. The molecule has 0 heterocycles. The molecule has 1 unspecified atom stereocenters. The van der Waals surface area contributed by atoms with Gasteiger partial charge in [0, 0.05) is 25.1 Å². The summed E-state index contributed by atoms with van der Waals surface area (Å²) in [6.07, 6.45) is -1.16. The van der Waals surface area contributed by atoms with Crippen molar-refractivity contribution in [1.82, 2.24) is 5.32 Å². The maximum atomic E-state index is 14.0. The fraction of sp³-hybridized carbons (Fsp3) is 0.222. The Kier molecular flexibility index (Phi) is 6.37. The van der Waals surface area contributed by atoms with Gasteiger partial charge in [-0.1, -0.05) is 6.07 Å². The number of rotatable bonds is 6. The van der Waals surface area contributed by atoms with Crippen LogP contribution < -0.4 is 10.1 Å². The van der Waals surface area contributed by atoms with E-state index in [-0.39, 0.29) is 29.0 Å². The first-order valence-electron chi connectivity index (χ1n) is 7.67. The van der Waals surface area contributed by atoms with Gasteiger partial charge in [0.1, 0.15) is 17.4 Å². The number of carbonyl (C=O) groups is 2. The Balaban J connectivity index is 2.41. The highest BCUT2D eigenvalue weighted by Crippen LogP contribution is 2.29. The molecule has 0 aliphatic rings. The number of benzene rings is 2. The third-order valence-electron chi connectivity index (χ3n) is 3.43. The highest BCUT2D eigenvalue weighted by Gasteiger charge is 2.18. The van der Waals surface area contributed by atoms with Crippen molar-refractivity contribution in [2.24, 2.45) is 0 Å². The summed E-state index contributed by atoms with van der Waals surface area (Å²) >= 11 is 0. The lowest BCUT2D eigenvalue weighted by Crippen LogP contribution is -2.34. The fourth-order valence-electron chi connectivity index (χ4n) is 2.21. The second-order valence-corrected chi connectivity index (χ2v) is 5.48. The predicted octanol–water partition coefficient (Wildman–Crippen LogP) is 1.64. The van der Waals surface area contributed by atoms with E-state index in [0.29, 0.717) is 6.07 Å². The standard InChI is InChI=1S/C18H17F2NO5/c1-10(23)26-17-5-2-11(14-4-3-12(19)7-16(14)20)6-15(17)18(25)21-8-13(24)9-22/h2-7,13,22,24H,8-9H2,1H3,(H,21,25). The van der Waals surface area contributed by atoms with Gasteiger partial charge >= 0.3 is 5.97 Å². The first-order chi connectivity index (χ1) is 12.3. The van der Waals surface area contributed by atoms with E-state index in [1.165, 1.54) is 24.3 Å². The Bertz CT molecular complexity index is 825. The Morgan fingerprint density at radius 2 is 1.92 bits per heavy atom. The van der Waals surface area contributed by atoms with E-state index in [4.69, 9.17) is 9.84 Å². The van der Waals surface area contributed by atoms with Gasteiger partial charge in [-0.3, -0.25) is 9.59 Å². The molecule has 0 spiro atoms. The molecular weight excluding hydrogens is 348 g/mol. The summed E-state index contributed by atoms with van der Waals surface area (Å²) in [6, 6.07) is 7.05. The summed E-state index contributed by atoms with van der Waals surface area (Å²) in [4.78, 5) is 23.6. The molecule has 1 amide bonds. The first-order valence-corrected chi connectivity index (χ1v) is 7.67. The first kappa shape index (κ1) is 19.5. The Morgan fingerprint density at radius 1 is 1.19 bits per heavy atom. The van der Waals surface area contributed by atoms with E-state index in [1.54, 1.807) is 0 Å². The molecule has 0 fully saturated rings. The summed E-state index contributed by atoms with van der Waals surface area (Å²) in [5.41, 5.74) is 0.253. The minimum Gasteiger partial charge on any atom is -0.426 e. The van der Waals surface area contributed by atoms with Crippen LogP contribution in [0.3, 0.4) is 0 Å². The minimum absolute atomic E-state index is 0.0558. The number of nitrogens with one attached hydrogen (secondary N) is 1. The predicted molar refractivity (Wildman–Crippen MR) is 88.5 cm³/mol. The summed E-state index contributed by atoms with van der Waals surface area (Å²) in [5, 5.41) is 20.5. The Labute approximate surface area is 148 Å². The number of esters is 1. The fourth-order valence-corrected chi connectivity index (χ4v) is 2.21. The van der Waals surface area contributed by atoms with Crippen LogP contribution in [0.15, 0.2) is 36.4 Å². The average molecular weight is 365 g/mol. The number of ether oxygens (including phenoxy) is 1. The van der Waals surface area contributed by atoms with Crippen LogP contribution in [0.5, 0.6) is 5.75 Å². The quantitative estimate of drug-likeness (QED) is 0.534. The Hall–Kier alpha value is -2.84. The summed E-state index contributed by atoms with van der Waals surface area (Å²) < 4.78 is 32.0. The lowest BCUT2D eigenvalue weighted by molar-refractivity contribution is -0.131. The van der Waals surface area contributed by atoms with Crippen molar-refractivity contribution >= 4 is 11.9 Å². The highest BCUT2D eigenvalue weighted by molar-refractivity contribution is 5.99. The van der Waals surface area contributed by atoms with Gasteiger partial charge < -0.3 is 20.3 Å². The van der Waals surface area contributed by atoms with Crippen LogP contribution in [-0.2, 0) is 4.79 Å². The largest absolute Gasteiger partial charge is 0.426 e. The molecule has 3 N–H and O–H groups in total. The van der Waals surface area contributed by atoms with Gasteiger partial charge in [-0.2, -0.15) is 0 Å². The zero-order valence-electron chi connectivity index (χ0n) is 13.8. The van der Waals surface area contributed by atoms with Crippen molar-refractivity contribution in [2.45, 2.75) is 13.0 Å². The number of carbonyl (C=O) groups excluding carboxylic acids is 2. The van der Waals surface area contributed by atoms with Gasteiger partial charge in [-0.15, -0.1) is 0 Å². The number of hydrogen-bond donors (Lipinski definition) is 3. The number of hydrogen-bond acceptors (Lipinski definition) is 5. The van der Waals surface area contributed by atoms with Gasteiger partial charge in [-0.05, 0) is 29.8 Å². The molecule has 8 heteroatoms. The van der Waals surface area contributed by atoms with Crippen LogP contribution in [0.4, 0.5) is 8.78 Å². The highest BCUT2D eigenvalue weighted by atomic mass is 19.1. The molecule has 0 saturated carbocycles. The molecule has 0 aromatic heterocycles. The molecule has 0 bridgehead atoms. The number of halogens is 2. The van der Waals surface area contributed by atoms with Gasteiger partial charge in [0.25, 0.3) is 5.91 Å². The van der Waals surface area contributed by atoms with E-state index in [0.717, 1.165) is 13.0 Å². The SMILES string of the molecule is CC(=O)Oc1ccc(-c2ccc(F)cc2F)cc1C(=O)NCC(O)CO.